The van der Waals surface area contributed by atoms with Gasteiger partial charge in [0.2, 0.25) is 0 Å². The Hall–Kier alpha value is -0.610. The van der Waals surface area contributed by atoms with Crippen LogP contribution in [0.25, 0.3) is 0 Å². The molecule has 0 amide bonds. The first kappa shape index (κ1) is 11.5. The lowest BCUT2D eigenvalue weighted by Crippen LogP contribution is -2.46. The molecule has 82 valence electrons. The number of methoxy groups -OCH3 is 1. The number of hydrogen-bond donors (Lipinski definition) is 1. The van der Waals surface area contributed by atoms with Gasteiger partial charge in [-0.05, 0) is 18.8 Å². The molecular formula is C10H18O4. The maximum atomic E-state index is 11.3. The zero-order valence-electron chi connectivity index (χ0n) is 8.78. The summed E-state index contributed by atoms with van der Waals surface area (Å²) in [6, 6.07) is 0. The highest BCUT2D eigenvalue weighted by molar-refractivity contribution is 5.75. The van der Waals surface area contributed by atoms with Crippen LogP contribution < -0.4 is 0 Å². The zero-order valence-corrected chi connectivity index (χ0v) is 8.78. The number of ether oxygens (including phenoxy) is 2. The Morgan fingerprint density at radius 1 is 1.71 bits per heavy atom. The van der Waals surface area contributed by atoms with E-state index in [-0.39, 0.29) is 5.92 Å². The van der Waals surface area contributed by atoms with Crippen molar-refractivity contribution in [2.24, 2.45) is 11.3 Å². The molecule has 1 aliphatic heterocycles. The molecule has 0 saturated carbocycles. The van der Waals surface area contributed by atoms with Crippen LogP contribution in [0.4, 0.5) is 0 Å². The molecule has 0 aromatic heterocycles. The lowest BCUT2D eigenvalue weighted by molar-refractivity contribution is -0.164. The molecule has 1 N–H and O–H groups in total. The van der Waals surface area contributed by atoms with Gasteiger partial charge in [-0.3, -0.25) is 4.79 Å². The second kappa shape index (κ2) is 4.75. The quantitative estimate of drug-likeness (QED) is 0.743. The highest BCUT2D eigenvalue weighted by Crippen LogP contribution is 2.36. The maximum absolute atomic E-state index is 11.3. The summed E-state index contributed by atoms with van der Waals surface area (Å²) in [5.41, 5.74) is -0.742. The molecule has 0 bridgehead atoms. The minimum atomic E-state index is -0.762. The largest absolute Gasteiger partial charge is 0.481 e. The van der Waals surface area contributed by atoms with Crippen LogP contribution in [0.2, 0.25) is 0 Å². The van der Waals surface area contributed by atoms with E-state index in [0.717, 1.165) is 6.42 Å². The molecule has 1 saturated heterocycles. The molecule has 0 aliphatic carbocycles. The number of hydrogen-bond acceptors (Lipinski definition) is 3. The molecule has 0 spiro atoms. The van der Waals surface area contributed by atoms with Crippen LogP contribution in [0.3, 0.4) is 0 Å². The molecule has 2 atom stereocenters. The molecule has 1 fully saturated rings. The van der Waals surface area contributed by atoms with Gasteiger partial charge in [0.1, 0.15) is 0 Å². The van der Waals surface area contributed by atoms with Crippen molar-refractivity contribution in [2.75, 3.05) is 26.9 Å². The van der Waals surface area contributed by atoms with E-state index in [1.54, 1.807) is 7.11 Å². The fraction of sp³-hybridized carbons (Fsp3) is 0.900. The van der Waals surface area contributed by atoms with Crippen LogP contribution in [0, 0.1) is 11.3 Å². The van der Waals surface area contributed by atoms with Gasteiger partial charge < -0.3 is 14.6 Å². The SMILES string of the molecule is COCC(C)C1(C(=O)O)CCCOC1. The molecule has 1 heterocycles. The first-order valence-electron chi connectivity index (χ1n) is 4.93. The van der Waals surface area contributed by atoms with Crippen molar-refractivity contribution in [1.29, 1.82) is 0 Å². The Balaban J connectivity index is 2.74. The topological polar surface area (TPSA) is 55.8 Å². The molecule has 0 aromatic carbocycles. The van der Waals surface area contributed by atoms with Gasteiger partial charge in [-0.1, -0.05) is 6.92 Å². The molecule has 2 unspecified atom stereocenters. The van der Waals surface area contributed by atoms with Crippen LogP contribution >= 0.6 is 0 Å². The Kier molecular flexibility index (Phi) is 3.89. The number of aliphatic carboxylic acids is 1. The molecule has 0 radical (unpaired) electrons. The molecule has 1 rings (SSSR count). The van der Waals surface area contributed by atoms with Gasteiger partial charge in [0, 0.05) is 20.3 Å². The molecule has 1 aliphatic rings. The second-order valence-corrected chi connectivity index (χ2v) is 3.97. The number of carbonyl (C=O) groups is 1. The van der Waals surface area contributed by atoms with Gasteiger partial charge in [-0.2, -0.15) is 0 Å². The van der Waals surface area contributed by atoms with E-state index < -0.39 is 11.4 Å². The van der Waals surface area contributed by atoms with Crippen molar-refractivity contribution in [2.45, 2.75) is 19.8 Å². The summed E-state index contributed by atoms with van der Waals surface area (Å²) < 4.78 is 10.3. The zero-order chi connectivity index (χ0) is 10.6. The van der Waals surface area contributed by atoms with Crippen molar-refractivity contribution in [3.63, 3.8) is 0 Å². The van der Waals surface area contributed by atoms with Crippen LogP contribution in [-0.4, -0.2) is 38.0 Å². The highest BCUT2D eigenvalue weighted by Gasteiger charge is 2.45. The summed E-state index contributed by atoms with van der Waals surface area (Å²) in [4.78, 5) is 11.3. The molecule has 4 heteroatoms. The predicted molar refractivity (Wildman–Crippen MR) is 51.2 cm³/mol. The molecule has 14 heavy (non-hydrogen) atoms. The highest BCUT2D eigenvalue weighted by atomic mass is 16.5. The van der Waals surface area contributed by atoms with Crippen molar-refractivity contribution in [1.82, 2.24) is 0 Å². The average Bonchev–Trinajstić information content (AvgIpc) is 2.19. The van der Waals surface area contributed by atoms with Crippen LogP contribution in [0.1, 0.15) is 19.8 Å². The number of rotatable bonds is 4. The van der Waals surface area contributed by atoms with Crippen molar-refractivity contribution < 1.29 is 19.4 Å². The lowest BCUT2D eigenvalue weighted by Gasteiger charge is -2.37. The van der Waals surface area contributed by atoms with Gasteiger partial charge in [0.25, 0.3) is 0 Å². The van der Waals surface area contributed by atoms with Crippen molar-refractivity contribution >= 4 is 5.97 Å². The Bertz CT molecular complexity index is 196. The number of carboxylic acid groups (broad SMARTS) is 1. The first-order valence-corrected chi connectivity index (χ1v) is 4.93. The molecular weight excluding hydrogens is 184 g/mol. The van der Waals surface area contributed by atoms with Gasteiger partial charge >= 0.3 is 5.97 Å². The van der Waals surface area contributed by atoms with Crippen molar-refractivity contribution in [3.8, 4) is 0 Å². The van der Waals surface area contributed by atoms with Gasteiger partial charge in [-0.15, -0.1) is 0 Å². The van der Waals surface area contributed by atoms with Gasteiger partial charge in [-0.25, -0.2) is 0 Å². The van der Waals surface area contributed by atoms with E-state index in [2.05, 4.69) is 0 Å². The summed E-state index contributed by atoms with van der Waals surface area (Å²) in [5.74, 6) is -0.771. The standard InChI is InChI=1S/C10H18O4/c1-8(6-13-2)10(9(11)12)4-3-5-14-7-10/h8H,3-7H2,1-2H3,(H,11,12). The van der Waals surface area contributed by atoms with Crippen LogP contribution in [0.15, 0.2) is 0 Å². The summed E-state index contributed by atoms with van der Waals surface area (Å²) in [7, 11) is 1.59. The van der Waals surface area contributed by atoms with E-state index in [4.69, 9.17) is 9.47 Å². The minimum absolute atomic E-state index is 0.00898. The summed E-state index contributed by atoms with van der Waals surface area (Å²) in [6.45, 7) is 3.36. The van der Waals surface area contributed by atoms with Gasteiger partial charge in [0.15, 0.2) is 0 Å². The second-order valence-electron chi connectivity index (χ2n) is 3.97. The normalized spacial score (nSPS) is 29.9. The third-order valence-corrected chi connectivity index (χ3v) is 3.06. The van der Waals surface area contributed by atoms with Gasteiger partial charge in [0.05, 0.1) is 12.0 Å². The average molecular weight is 202 g/mol. The van der Waals surface area contributed by atoms with Crippen LogP contribution in [0.5, 0.6) is 0 Å². The van der Waals surface area contributed by atoms with E-state index in [1.165, 1.54) is 0 Å². The van der Waals surface area contributed by atoms with Crippen LogP contribution in [-0.2, 0) is 14.3 Å². The summed E-state index contributed by atoms with van der Waals surface area (Å²) in [5, 5.41) is 9.25. The maximum Gasteiger partial charge on any atom is 0.312 e. The number of carboxylic acids is 1. The fourth-order valence-corrected chi connectivity index (χ4v) is 1.99. The van der Waals surface area contributed by atoms with E-state index in [0.29, 0.717) is 26.2 Å². The van der Waals surface area contributed by atoms with E-state index >= 15 is 0 Å². The lowest BCUT2D eigenvalue weighted by atomic mass is 9.73. The van der Waals surface area contributed by atoms with E-state index in [1.807, 2.05) is 6.92 Å². The van der Waals surface area contributed by atoms with E-state index in [9.17, 15) is 9.90 Å². The third-order valence-electron chi connectivity index (χ3n) is 3.06. The minimum Gasteiger partial charge on any atom is -0.481 e. The summed E-state index contributed by atoms with van der Waals surface area (Å²) in [6.07, 6.45) is 1.51. The predicted octanol–water partition coefficient (Wildman–Crippen LogP) is 1.15. The third kappa shape index (κ3) is 2.07. The Morgan fingerprint density at radius 2 is 2.43 bits per heavy atom. The molecule has 0 aromatic rings. The smallest absolute Gasteiger partial charge is 0.312 e. The van der Waals surface area contributed by atoms with Crippen molar-refractivity contribution in [3.05, 3.63) is 0 Å². The monoisotopic (exact) mass is 202 g/mol. The summed E-state index contributed by atoms with van der Waals surface area (Å²) >= 11 is 0. The molecule has 4 nitrogen and oxygen atoms in total. The Morgan fingerprint density at radius 3 is 2.86 bits per heavy atom. The first-order chi connectivity index (χ1) is 6.63. The fourth-order valence-electron chi connectivity index (χ4n) is 1.99. The Labute approximate surface area is 84.2 Å².